The van der Waals surface area contributed by atoms with Gasteiger partial charge in [0.1, 0.15) is 5.60 Å². The molecule has 0 aromatic heterocycles. The van der Waals surface area contributed by atoms with Crippen molar-refractivity contribution in [1.82, 2.24) is 4.90 Å². The van der Waals surface area contributed by atoms with Crippen LogP contribution in [0, 0.1) is 5.82 Å². The number of rotatable bonds is 6. The van der Waals surface area contributed by atoms with Gasteiger partial charge < -0.3 is 9.94 Å². The van der Waals surface area contributed by atoms with E-state index >= 15 is 0 Å². The number of aliphatic hydroxyl groups is 1. The Morgan fingerprint density at radius 2 is 1.33 bits per heavy atom. The average molecular weight is 615 g/mol. The summed E-state index contributed by atoms with van der Waals surface area (Å²) in [6.07, 6.45) is -5.57. The van der Waals surface area contributed by atoms with E-state index in [-0.39, 0.29) is 11.8 Å². The van der Waals surface area contributed by atoms with Crippen molar-refractivity contribution in [3.63, 3.8) is 0 Å². The van der Waals surface area contributed by atoms with Crippen molar-refractivity contribution >= 4 is 28.9 Å². The van der Waals surface area contributed by atoms with E-state index in [9.17, 15) is 22.7 Å². The Morgan fingerprint density at radius 1 is 0.810 bits per heavy atom. The number of likely N-dealkylation sites (tertiary alicyclic amines) is 1. The summed E-state index contributed by atoms with van der Waals surface area (Å²) in [6.45, 7) is 0.738. The zero-order valence-electron chi connectivity index (χ0n) is 22.0. The standard InChI is InChI=1S/C32H24Cl2F4N2O2/c33-25-15-24(16-26(34)28(25)35)31(32(36,37)38)17-27(39-42-31)20-11-13-23(14-12-20)30(41)18-40(19-30)29(21-7-3-1-4-8-21)22-9-5-2-6-10-22/h1-16,29,41H,17-19H2/t31-/m1/s1. The van der Waals surface area contributed by atoms with E-state index in [0.29, 0.717) is 24.2 Å². The normalized spacial score (nSPS) is 20.2. The average Bonchev–Trinajstić information content (AvgIpc) is 3.43. The highest BCUT2D eigenvalue weighted by Gasteiger charge is 2.62. The molecule has 1 saturated heterocycles. The minimum Gasteiger partial charge on any atom is -0.382 e. The van der Waals surface area contributed by atoms with Gasteiger partial charge in [0.2, 0.25) is 0 Å². The van der Waals surface area contributed by atoms with Crippen LogP contribution in [0.5, 0.6) is 0 Å². The van der Waals surface area contributed by atoms with Gasteiger partial charge in [-0.05, 0) is 34.4 Å². The Hall–Kier alpha value is -3.43. The van der Waals surface area contributed by atoms with Crippen molar-refractivity contribution in [3.8, 4) is 0 Å². The Kier molecular flexibility index (Phi) is 7.30. The highest BCUT2D eigenvalue weighted by atomic mass is 35.5. The van der Waals surface area contributed by atoms with Crippen molar-refractivity contribution in [2.45, 2.75) is 29.8 Å². The third kappa shape index (κ3) is 4.96. The largest absolute Gasteiger partial charge is 0.435 e. The summed E-state index contributed by atoms with van der Waals surface area (Å²) in [5.41, 5.74) is -1.15. The number of benzene rings is 4. The first-order valence-electron chi connectivity index (χ1n) is 13.1. The fourth-order valence-electron chi connectivity index (χ4n) is 5.70. The van der Waals surface area contributed by atoms with Crippen LogP contribution < -0.4 is 0 Å². The Balaban J connectivity index is 1.21. The second-order valence-corrected chi connectivity index (χ2v) is 11.4. The number of oxime groups is 1. The molecule has 4 nitrogen and oxygen atoms in total. The third-order valence-corrected chi connectivity index (χ3v) is 8.47. The van der Waals surface area contributed by atoms with Gasteiger partial charge in [-0.1, -0.05) is 113 Å². The summed E-state index contributed by atoms with van der Waals surface area (Å²) in [7, 11) is 0. The molecule has 0 unspecified atom stereocenters. The first-order chi connectivity index (χ1) is 20.0. The summed E-state index contributed by atoms with van der Waals surface area (Å²) in [5.74, 6) is -1.01. The maximum absolute atomic E-state index is 14.4. The van der Waals surface area contributed by atoms with Gasteiger partial charge in [-0.2, -0.15) is 13.2 Å². The quantitative estimate of drug-likeness (QED) is 0.177. The molecule has 1 atom stereocenters. The molecule has 0 radical (unpaired) electrons. The van der Waals surface area contributed by atoms with Crippen molar-refractivity contribution in [3.05, 3.63) is 141 Å². The summed E-state index contributed by atoms with van der Waals surface area (Å²) in [6, 6.07) is 28.4. The van der Waals surface area contributed by atoms with Crippen LogP contribution in [0.25, 0.3) is 0 Å². The van der Waals surface area contributed by atoms with Crippen LogP contribution >= 0.6 is 23.2 Å². The molecular weight excluding hydrogens is 591 g/mol. The zero-order chi connectivity index (χ0) is 29.7. The fourth-order valence-corrected chi connectivity index (χ4v) is 6.18. The van der Waals surface area contributed by atoms with Gasteiger partial charge in [0.05, 0.1) is 21.8 Å². The predicted molar refractivity (Wildman–Crippen MR) is 153 cm³/mol. The van der Waals surface area contributed by atoms with Crippen molar-refractivity contribution in [2.24, 2.45) is 5.16 Å². The lowest BCUT2D eigenvalue weighted by Gasteiger charge is -2.50. The van der Waals surface area contributed by atoms with Crippen molar-refractivity contribution in [2.75, 3.05) is 13.1 Å². The highest BCUT2D eigenvalue weighted by molar-refractivity contribution is 6.35. The molecule has 2 heterocycles. The first kappa shape index (κ1) is 28.7. The second-order valence-electron chi connectivity index (χ2n) is 10.6. The second kappa shape index (κ2) is 10.7. The Labute approximate surface area is 249 Å². The van der Waals surface area contributed by atoms with Gasteiger partial charge in [-0.3, -0.25) is 4.90 Å². The minimum atomic E-state index is -4.90. The topological polar surface area (TPSA) is 45.1 Å². The molecule has 1 N–H and O–H groups in total. The molecule has 0 bridgehead atoms. The van der Waals surface area contributed by atoms with Crippen LogP contribution in [-0.4, -0.2) is 35.0 Å². The number of nitrogens with zero attached hydrogens (tertiary/aromatic N) is 2. The lowest BCUT2D eigenvalue weighted by molar-refractivity contribution is -0.275. The summed E-state index contributed by atoms with van der Waals surface area (Å²) < 4.78 is 57.0. The Bertz CT molecular complexity index is 1560. The summed E-state index contributed by atoms with van der Waals surface area (Å²) >= 11 is 11.6. The lowest BCUT2D eigenvalue weighted by Crippen LogP contribution is -2.60. The molecule has 0 spiro atoms. The molecule has 2 aliphatic heterocycles. The molecule has 42 heavy (non-hydrogen) atoms. The summed E-state index contributed by atoms with van der Waals surface area (Å²) in [5, 5.41) is 14.1. The third-order valence-electron chi connectivity index (χ3n) is 7.92. The zero-order valence-corrected chi connectivity index (χ0v) is 23.5. The SMILES string of the molecule is OC1(c2ccc(C3=NO[C@](c4cc(Cl)c(F)c(Cl)c4)(C(F)(F)F)C3)cc2)CN(C(c2ccccc2)c2ccccc2)C1. The summed E-state index contributed by atoms with van der Waals surface area (Å²) in [4.78, 5) is 7.21. The maximum Gasteiger partial charge on any atom is 0.435 e. The minimum absolute atomic E-state index is 0.0408. The van der Waals surface area contributed by atoms with Crippen LogP contribution in [0.1, 0.15) is 40.3 Å². The van der Waals surface area contributed by atoms with Gasteiger partial charge in [0, 0.05) is 25.1 Å². The van der Waals surface area contributed by atoms with Crippen molar-refractivity contribution < 1.29 is 27.5 Å². The molecule has 4 aromatic rings. The molecule has 0 saturated carbocycles. The number of hydrogen-bond acceptors (Lipinski definition) is 4. The van der Waals surface area contributed by atoms with Gasteiger partial charge in [0.25, 0.3) is 5.60 Å². The van der Waals surface area contributed by atoms with E-state index in [2.05, 4.69) is 34.3 Å². The lowest BCUT2D eigenvalue weighted by atomic mass is 9.81. The molecule has 0 amide bonds. The van der Waals surface area contributed by atoms with E-state index in [1.54, 1.807) is 24.3 Å². The number of alkyl halides is 3. The van der Waals surface area contributed by atoms with Crippen LogP contribution in [0.3, 0.4) is 0 Å². The number of β-amino-alcohol motifs (C(OH)–C–C–N with tert-alkyl or cyclic N) is 1. The molecule has 0 aliphatic carbocycles. The number of halogens is 6. The van der Waals surface area contributed by atoms with Crippen LogP contribution in [0.15, 0.2) is 102 Å². The molecule has 1 fully saturated rings. The van der Waals surface area contributed by atoms with E-state index in [1.807, 2.05) is 36.4 Å². The van der Waals surface area contributed by atoms with Crippen LogP contribution in [0.2, 0.25) is 10.0 Å². The van der Waals surface area contributed by atoms with E-state index in [0.717, 1.165) is 23.3 Å². The van der Waals surface area contributed by atoms with E-state index < -0.39 is 45.2 Å². The first-order valence-corrected chi connectivity index (χ1v) is 13.9. The highest BCUT2D eigenvalue weighted by Crippen LogP contribution is 2.50. The van der Waals surface area contributed by atoms with Gasteiger partial charge >= 0.3 is 6.18 Å². The Morgan fingerprint density at radius 3 is 1.83 bits per heavy atom. The monoisotopic (exact) mass is 614 g/mol. The smallest absolute Gasteiger partial charge is 0.382 e. The van der Waals surface area contributed by atoms with Gasteiger partial charge in [-0.15, -0.1) is 0 Å². The van der Waals surface area contributed by atoms with Crippen LogP contribution in [-0.2, 0) is 16.0 Å². The van der Waals surface area contributed by atoms with E-state index in [4.69, 9.17) is 28.0 Å². The maximum atomic E-state index is 14.4. The van der Waals surface area contributed by atoms with Crippen molar-refractivity contribution in [1.29, 1.82) is 0 Å². The predicted octanol–water partition coefficient (Wildman–Crippen LogP) is 8.01. The molecule has 4 aromatic carbocycles. The molecule has 2 aliphatic rings. The molecular formula is C32H24Cl2F4N2O2. The van der Waals surface area contributed by atoms with Crippen LogP contribution in [0.4, 0.5) is 17.6 Å². The molecule has 216 valence electrons. The van der Waals surface area contributed by atoms with E-state index in [1.165, 1.54) is 0 Å². The van der Waals surface area contributed by atoms with Gasteiger partial charge in [0.15, 0.2) is 5.82 Å². The molecule has 10 heteroatoms. The molecule has 6 rings (SSSR count). The fraction of sp³-hybridized carbons (Fsp3) is 0.219. The number of hydrogen-bond donors (Lipinski definition) is 1. The van der Waals surface area contributed by atoms with Gasteiger partial charge in [-0.25, -0.2) is 4.39 Å².